The van der Waals surface area contributed by atoms with Crippen LogP contribution in [0.5, 0.6) is 5.88 Å². The first-order valence-electron chi connectivity index (χ1n) is 9.75. The van der Waals surface area contributed by atoms with E-state index in [1.54, 1.807) is 18.2 Å². The van der Waals surface area contributed by atoms with Gasteiger partial charge in [-0.1, -0.05) is 18.2 Å². The maximum atomic E-state index is 14.2. The van der Waals surface area contributed by atoms with Crippen LogP contribution in [0.1, 0.15) is 28.7 Å². The maximum absolute atomic E-state index is 14.2. The summed E-state index contributed by atoms with van der Waals surface area (Å²) in [6.07, 6.45) is 0.0640. The van der Waals surface area contributed by atoms with Gasteiger partial charge in [-0.2, -0.15) is 0 Å². The minimum Gasteiger partial charge on any atom is -0.481 e. The number of aromatic nitrogens is 1. The number of carboxylic acid groups (broad SMARTS) is 1. The molecule has 156 valence electrons. The molecule has 0 saturated carbocycles. The van der Waals surface area contributed by atoms with Gasteiger partial charge in [-0.25, -0.2) is 9.37 Å². The molecule has 0 radical (unpaired) electrons. The molecule has 0 unspecified atom stereocenters. The monoisotopic (exact) mass is 408 g/mol. The minimum absolute atomic E-state index is 0.0996. The van der Waals surface area contributed by atoms with Crippen molar-refractivity contribution < 1.29 is 19.0 Å². The number of ether oxygens (including phenoxy) is 1. The fourth-order valence-electron chi connectivity index (χ4n) is 3.43. The van der Waals surface area contributed by atoms with E-state index in [4.69, 9.17) is 9.84 Å². The highest BCUT2D eigenvalue weighted by Gasteiger charge is 2.11. The molecule has 2 N–H and O–H groups in total. The van der Waals surface area contributed by atoms with E-state index in [1.807, 2.05) is 33.0 Å². The zero-order valence-corrected chi connectivity index (χ0v) is 17.3. The van der Waals surface area contributed by atoms with Crippen LogP contribution in [0.25, 0.3) is 11.3 Å². The molecule has 0 bridgehead atoms. The first-order valence-corrected chi connectivity index (χ1v) is 9.75. The minimum atomic E-state index is -0.946. The molecule has 0 aliphatic heterocycles. The number of nitrogens with zero attached hydrogens (tertiary/aromatic N) is 1. The van der Waals surface area contributed by atoms with Gasteiger partial charge < -0.3 is 15.2 Å². The van der Waals surface area contributed by atoms with E-state index in [9.17, 15) is 9.18 Å². The third-order valence-electron chi connectivity index (χ3n) is 4.91. The van der Waals surface area contributed by atoms with Crippen LogP contribution >= 0.6 is 0 Å². The first kappa shape index (κ1) is 21.3. The van der Waals surface area contributed by atoms with Crippen LogP contribution in [0, 0.1) is 19.7 Å². The molecule has 6 heteroatoms. The van der Waals surface area contributed by atoms with Crippen molar-refractivity contribution in [2.75, 3.05) is 12.4 Å². The standard InChI is InChI=1S/C24H25FN2O3/c1-15-11-19(26-3)12-16(2)24(15)21-5-4-6-22(27-21)30-14-17-7-8-18(20(25)13-17)9-10-23(28)29/h4-8,11-13,26H,9-10,14H2,1-3H3,(H,28,29). The summed E-state index contributed by atoms with van der Waals surface area (Å²) >= 11 is 0. The van der Waals surface area contributed by atoms with Crippen molar-refractivity contribution in [1.29, 1.82) is 0 Å². The lowest BCUT2D eigenvalue weighted by Crippen LogP contribution is -2.02. The summed E-state index contributed by atoms with van der Waals surface area (Å²) in [4.78, 5) is 15.3. The third kappa shape index (κ3) is 5.14. The van der Waals surface area contributed by atoms with E-state index in [0.29, 0.717) is 17.0 Å². The van der Waals surface area contributed by atoms with Gasteiger partial charge in [0.25, 0.3) is 0 Å². The molecule has 0 aliphatic carbocycles. The second-order valence-electron chi connectivity index (χ2n) is 7.20. The Kier molecular flexibility index (Phi) is 6.67. The third-order valence-corrected chi connectivity index (χ3v) is 4.91. The molecule has 0 spiro atoms. The Morgan fingerprint density at radius 1 is 1.13 bits per heavy atom. The van der Waals surface area contributed by atoms with Crippen molar-refractivity contribution in [1.82, 2.24) is 4.98 Å². The second kappa shape index (κ2) is 9.39. The van der Waals surface area contributed by atoms with Crippen molar-refractivity contribution in [2.45, 2.75) is 33.3 Å². The Labute approximate surface area is 175 Å². The Hall–Kier alpha value is -3.41. The molecular formula is C24H25FN2O3. The Morgan fingerprint density at radius 2 is 1.87 bits per heavy atom. The van der Waals surface area contributed by atoms with E-state index < -0.39 is 11.8 Å². The highest BCUT2D eigenvalue weighted by molar-refractivity contribution is 5.71. The van der Waals surface area contributed by atoms with Crippen LogP contribution in [-0.2, 0) is 17.8 Å². The number of rotatable bonds is 8. The van der Waals surface area contributed by atoms with Crippen molar-refractivity contribution in [2.24, 2.45) is 0 Å². The zero-order valence-electron chi connectivity index (χ0n) is 17.3. The smallest absolute Gasteiger partial charge is 0.303 e. The summed E-state index contributed by atoms with van der Waals surface area (Å²) in [5.74, 6) is -0.909. The van der Waals surface area contributed by atoms with Crippen LogP contribution < -0.4 is 10.1 Å². The number of aryl methyl sites for hydroxylation is 3. The first-order chi connectivity index (χ1) is 14.4. The Morgan fingerprint density at radius 3 is 2.50 bits per heavy atom. The normalized spacial score (nSPS) is 10.7. The summed E-state index contributed by atoms with van der Waals surface area (Å²) in [5.41, 5.74) is 6.21. The quantitative estimate of drug-likeness (QED) is 0.540. The molecule has 5 nitrogen and oxygen atoms in total. The fourth-order valence-corrected chi connectivity index (χ4v) is 3.43. The molecule has 3 rings (SSSR count). The average Bonchev–Trinajstić information content (AvgIpc) is 2.71. The van der Waals surface area contributed by atoms with Gasteiger partial charge >= 0.3 is 5.97 Å². The predicted octanol–water partition coefficient (Wildman–Crippen LogP) is 5.14. The molecule has 0 atom stereocenters. The summed E-state index contributed by atoms with van der Waals surface area (Å²) < 4.78 is 20.0. The molecule has 1 aromatic heterocycles. The number of anilines is 1. The zero-order chi connectivity index (χ0) is 21.7. The molecule has 1 heterocycles. The summed E-state index contributed by atoms with van der Waals surface area (Å²) in [6, 6.07) is 14.5. The number of nitrogens with one attached hydrogen (secondary N) is 1. The van der Waals surface area contributed by atoms with Gasteiger partial charge in [-0.05, 0) is 66.8 Å². The van der Waals surface area contributed by atoms with E-state index in [2.05, 4.69) is 22.4 Å². The number of carboxylic acids is 1. The van der Waals surface area contributed by atoms with Gasteiger partial charge in [0.1, 0.15) is 12.4 Å². The van der Waals surface area contributed by atoms with E-state index in [0.717, 1.165) is 28.1 Å². The van der Waals surface area contributed by atoms with Crippen LogP contribution in [0.2, 0.25) is 0 Å². The number of pyridine rings is 1. The van der Waals surface area contributed by atoms with E-state index in [1.165, 1.54) is 6.07 Å². The van der Waals surface area contributed by atoms with Gasteiger partial charge in [0, 0.05) is 30.8 Å². The molecule has 2 aromatic carbocycles. The van der Waals surface area contributed by atoms with Crippen molar-refractivity contribution in [3.8, 4) is 17.1 Å². The summed E-state index contributed by atoms with van der Waals surface area (Å²) in [7, 11) is 1.89. The molecule has 0 amide bonds. The number of carbonyl (C=O) groups is 1. The fraction of sp³-hybridized carbons (Fsp3) is 0.250. The molecule has 0 saturated heterocycles. The van der Waals surface area contributed by atoms with Gasteiger partial charge in [0.2, 0.25) is 5.88 Å². The average molecular weight is 408 g/mol. The highest BCUT2D eigenvalue weighted by atomic mass is 19.1. The lowest BCUT2D eigenvalue weighted by molar-refractivity contribution is -0.136. The molecule has 0 aliphatic rings. The highest BCUT2D eigenvalue weighted by Crippen LogP contribution is 2.30. The van der Waals surface area contributed by atoms with Gasteiger partial charge in [-0.3, -0.25) is 4.79 Å². The van der Waals surface area contributed by atoms with Crippen LogP contribution in [-0.4, -0.2) is 23.1 Å². The van der Waals surface area contributed by atoms with E-state index in [-0.39, 0.29) is 19.4 Å². The largest absolute Gasteiger partial charge is 0.481 e. The van der Waals surface area contributed by atoms with Gasteiger partial charge in [-0.15, -0.1) is 0 Å². The SMILES string of the molecule is CNc1cc(C)c(-c2cccc(OCc3ccc(CCC(=O)O)c(F)c3)n2)c(C)c1. The summed E-state index contributed by atoms with van der Waals surface area (Å²) in [5, 5.41) is 11.9. The van der Waals surface area contributed by atoms with Crippen molar-refractivity contribution in [3.05, 3.63) is 76.6 Å². The number of hydrogen-bond acceptors (Lipinski definition) is 4. The lowest BCUT2D eigenvalue weighted by Gasteiger charge is -2.13. The molecular weight excluding hydrogens is 383 g/mol. The molecule has 0 fully saturated rings. The van der Waals surface area contributed by atoms with Crippen LogP contribution in [0.3, 0.4) is 0 Å². The van der Waals surface area contributed by atoms with Gasteiger partial charge in [0.05, 0.1) is 5.69 Å². The Bertz CT molecular complexity index is 1040. The molecule has 30 heavy (non-hydrogen) atoms. The van der Waals surface area contributed by atoms with Crippen LogP contribution in [0.15, 0.2) is 48.5 Å². The number of benzene rings is 2. The van der Waals surface area contributed by atoms with Crippen LogP contribution in [0.4, 0.5) is 10.1 Å². The van der Waals surface area contributed by atoms with Crippen molar-refractivity contribution in [3.63, 3.8) is 0 Å². The van der Waals surface area contributed by atoms with Crippen molar-refractivity contribution >= 4 is 11.7 Å². The van der Waals surface area contributed by atoms with Gasteiger partial charge in [0.15, 0.2) is 0 Å². The number of aliphatic carboxylic acids is 1. The lowest BCUT2D eigenvalue weighted by atomic mass is 9.98. The van der Waals surface area contributed by atoms with E-state index >= 15 is 0 Å². The number of halogens is 1. The Balaban J connectivity index is 1.74. The predicted molar refractivity (Wildman–Crippen MR) is 115 cm³/mol. The summed E-state index contributed by atoms with van der Waals surface area (Å²) in [6.45, 7) is 4.27. The maximum Gasteiger partial charge on any atom is 0.303 e. The topological polar surface area (TPSA) is 71.5 Å². The second-order valence-corrected chi connectivity index (χ2v) is 7.20. The number of hydrogen-bond donors (Lipinski definition) is 2. The molecule has 3 aromatic rings.